The summed E-state index contributed by atoms with van der Waals surface area (Å²) in [6.07, 6.45) is 0. The molecule has 378 valence electrons. The summed E-state index contributed by atoms with van der Waals surface area (Å²) in [5, 5.41) is 2.39. The molecular weight excluding hydrogens is 967 g/mol. The van der Waals surface area contributed by atoms with Crippen LogP contribution < -0.4 is 14.7 Å². The second-order valence-electron chi connectivity index (χ2n) is 20.4. The Labute approximate surface area is 468 Å². The van der Waals surface area contributed by atoms with Gasteiger partial charge in [-0.15, -0.1) is 0 Å². The van der Waals surface area contributed by atoms with Crippen LogP contribution in [0.15, 0.2) is 334 Å². The van der Waals surface area contributed by atoms with Crippen LogP contribution in [-0.4, -0.2) is 0 Å². The first-order valence-electron chi connectivity index (χ1n) is 27.5. The van der Waals surface area contributed by atoms with E-state index in [1.165, 1.54) is 49.7 Å². The summed E-state index contributed by atoms with van der Waals surface area (Å²) in [6, 6.07) is 122. The fourth-order valence-corrected chi connectivity index (χ4v) is 12.4. The molecule has 0 saturated carbocycles. The number of hydrogen-bond acceptors (Lipinski definition) is 3. The average Bonchev–Trinajstić information content (AvgIpc) is 4.08. The Morgan fingerprint density at radius 1 is 0.212 bits per heavy atom. The van der Waals surface area contributed by atoms with E-state index in [4.69, 9.17) is 0 Å². The Bertz CT molecular complexity index is 4260. The van der Waals surface area contributed by atoms with Crippen LogP contribution in [0.1, 0.15) is 22.3 Å². The molecule has 0 radical (unpaired) electrons. The summed E-state index contributed by atoms with van der Waals surface area (Å²) in [5.41, 5.74) is 21.0. The molecule has 3 nitrogen and oxygen atoms in total. The molecule has 0 aliphatic heterocycles. The highest BCUT2D eigenvalue weighted by molar-refractivity contribution is 6.11. The zero-order valence-corrected chi connectivity index (χ0v) is 44.1. The predicted molar refractivity (Wildman–Crippen MR) is 336 cm³/mol. The summed E-state index contributed by atoms with van der Waals surface area (Å²) in [5.74, 6) is 0. The van der Waals surface area contributed by atoms with Crippen LogP contribution in [0, 0.1) is 0 Å². The molecule has 1 aliphatic carbocycles. The van der Waals surface area contributed by atoms with Crippen LogP contribution >= 0.6 is 0 Å². The van der Waals surface area contributed by atoms with Crippen LogP contribution in [0.4, 0.5) is 51.2 Å². The van der Waals surface area contributed by atoms with Gasteiger partial charge in [0, 0.05) is 50.9 Å². The first-order valence-corrected chi connectivity index (χ1v) is 27.5. The van der Waals surface area contributed by atoms with Gasteiger partial charge in [0.15, 0.2) is 0 Å². The lowest BCUT2D eigenvalue weighted by atomic mass is 9.67. The molecule has 3 heteroatoms. The van der Waals surface area contributed by atoms with E-state index in [2.05, 4.69) is 348 Å². The Morgan fingerprint density at radius 3 is 1.05 bits per heavy atom. The van der Waals surface area contributed by atoms with Crippen LogP contribution in [0.5, 0.6) is 0 Å². The summed E-state index contributed by atoms with van der Waals surface area (Å²) < 4.78 is 0. The van der Waals surface area contributed by atoms with Crippen molar-refractivity contribution in [3.63, 3.8) is 0 Å². The Hall–Kier alpha value is -10.5. The lowest BCUT2D eigenvalue weighted by Crippen LogP contribution is -2.28. The molecule has 0 atom stereocenters. The van der Waals surface area contributed by atoms with E-state index in [-0.39, 0.29) is 0 Å². The van der Waals surface area contributed by atoms with Crippen molar-refractivity contribution in [3.8, 4) is 33.4 Å². The molecule has 80 heavy (non-hydrogen) atoms. The summed E-state index contributed by atoms with van der Waals surface area (Å²) in [6.45, 7) is 0. The van der Waals surface area contributed by atoms with E-state index in [1.807, 2.05) is 0 Å². The van der Waals surface area contributed by atoms with Crippen LogP contribution in [0.2, 0.25) is 0 Å². The van der Waals surface area contributed by atoms with Crippen molar-refractivity contribution in [2.45, 2.75) is 5.41 Å². The monoisotopic (exact) mass is 1020 g/mol. The maximum Gasteiger partial charge on any atom is 0.0714 e. The molecule has 0 heterocycles. The topological polar surface area (TPSA) is 9.72 Å². The van der Waals surface area contributed by atoms with E-state index in [0.717, 1.165) is 67.9 Å². The second-order valence-corrected chi connectivity index (χ2v) is 20.4. The van der Waals surface area contributed by atoms with E-state index in [1.54, 1.807) is 0 Å². The average molecular weight is 1020 g/mol. The molecule has 0 bridgehead atoms. The van der Waals surface area contributed by atoms with Crippen molar-refractivity contribution < 1.29 is 0 Å². The molecule has 0 aromatic heterocycles. The lowest BCUT2D eigenvalue weighted by Gasteiger charge is -2.35. The number of fused-ring (bicyclic) bond motifs is 5. The van der Waals surface area contributed by atoms with Crippen molar-refractivity contribution in [1.82, 2.24) is 0 Å². The molecule has 0 N–H and O–H groups in total. The number of anilines is 9. The van der Waals surface area contributed by atoms with Gasteiger partial charge in [-0.1, -0.05) is 243 Å². The molecule has 1 aliphatic rings. The molecule has 0 fully saturated rings. The minimum Gasteiger partial charge on any atom is -0.310 e. The third kappa shape index (κ3) is 8.50. The highest BCUT2D eigenvalue weighted by atomic mass is 15.2. The molecule has 0 saturated heterocycles. The van der Waals surface area contributed by atoms with Gasteiger partial charge in [-0.05, 0) is 152 Å². The molecule has 13 aromatic rings. The first-order chi connectivity index (χ1) is 39.7. The highest BCUT2D eigenvalue weighted by Gasteiger charge is 2.47. The minimum atomic E-state index is -0.598. The van der Waals surface area contributed by atoms with Crippen molar-refractivity contribution in [2.75, 3.05) is 14.7 Å². The molecule has 0 amide bonds. The molecule has 14 rings (SSSR count). The van der Waals surface area contributed by atoms with Crippen molar-refractivity contribution >= 4 is 62.0 Å². The predicted octanol–water partition coefficient (Wildman–Crippen LogP) is 20.9. The number of benzene rings is 13. The van der Waals surface area contributed by atoms with Crippen molar-refractivity contribution in [2.24, 2.45) is 0 Å². The standard InChI is InChI=1S/C77H55N3/c1-7-27-56(28-8-1)58-31-23-41-64(51-58)78(62-37-15-5-16-38-62)66-43-25-44-67(53-66)79(65-42-24-32-59(52-65)57-29-9-2-10-30-57)68-45-26-46-69(54-68)80(63-39-17-6-18-40-63)75-55-74-76(71-48-20-19-47-70(71)75)72-49-21-22-50-73(72)77(74,60-33-11-3-12-34-60)61-35-13-4-14-36-61/h1-55H. The summed E-state index contributed by atoms with van der Waals surface area (Å²) in [4.78, 5) is 7.26. The van der Waals surface area contributed by atoms with Gasteiger partial charge in [0.2, 0.25) is 0 Å². The van der Waals surface area contributed by atoms with Gasteiger partial charge in [-0.2, -0.15) is 0 Å². The maximum atomic E-state index is 2.51. The first kappa shape index (κ1) is 47.9. The fourth-order valence-electron chi connectivity index (χ4n) is 12.4. The largest absolute Gasteiger partial charge is 0.310 e. The normalized spacial score (nSPS) is 12.1. The molecule has 13 aromatic carbocycles. The number of rotatable bonds is 13. The van der Waals surface area contributed by atoms with Crippen molar-refractivity contribution in [3.05, 3.63) is 356 Å². The fraction of sp³-hybridized carbons (Fsp3) is 0.0130. The van der Waals surface area contributed by atoms with Crippen LogP contribution in [-0.2, 0) is 5.41 Å². The van der Waals surface area contributed by atoms with Gasteiger partial charge < -0.3 is 14.7 Å². The van der Waals surface area contributed by atoms with Crippen molar-refractivity contribution in [1.29, 1.82) is 0 Å². The third-order valence-corrected chi connectivity index (χ3v) is 15.8. The second kappa shape index (κ2) is 20.8. The zero-order chi connectivity index (χ0) is 53.2. The van der Waals surface area contributed by atoms with Crippen LogP contribution in [0.25, 0.3) is 44.2 Å². The number of hydrogen-bond donors (Lipinski definition) is 0. The molecular formula is C77H55N3. The number of nitrogens with zero attached hydrogens (tertiary/aromatic N) is 3. The third-order valence-electron chi connectivity index (χ3n) is 15.8. The van der Waals surface area contributed by atoms with Gasteiger partial charge in [-0.3, -0.25) is 0 Å². The number of para-hydroxylation sites is 2. The van der Waals surface area contributed by atoms with E-state index >= 15 is 0 Å². The van der Waals surface area contributed by atoms with Gasteiger partial charge in [0.25, 0.3) is 0 Å². The van der Waals surface area contributed by atoms with Gasteiger partial charge >= 0.3 is 0 Å². The Morgan fingerprint density at radius 2 is 0.550 bits per heavy atom. The quantitative estimate of drug-likeness (QED) is 0.114. The van der Waals surface area contributed by atoms with E-state index in [9.17, 15) is 0 Å². The lowest BCUT2D eigenvalue weighted by molar-refractivity contribution is 0.769. The Kier molecular flexibility index (Phi) is 12.5. The zero-order valence-electron chi connectivity index (χ0n) is 44.1. The summed E-state index contributed by atoms with van der Waals surface area (Å²) in [7, 11) is 0. The minimum absolute atomic E-state index is 0.598. The highest BCUT2D eigenvalue weighted by Crippen LogP contribution is 2.60. The smallest absolute Gasteiger partial charge is 0.0714 e. The van der Waals surface area contributed by atoms with Gasteiger partial charge in [0.05, 0.1) is 11.1 Å². The summed E-state index contributed by atoms with van der Waals surface area (Å²) >= 11 is 0. The Balaban J connectivity index is 0.984. The van der Waals surface area contributed by atoms with E-state index in [0.29, 0.717) is 0 Å². The van der Waals surface area contributed by atoms with Gasteiger partial charge in [-0.25, -0.2) is 0 Å². The SMILES string of the molecule is c1ccc(-c2cccc(N(c3ccccc3)c3cccc(N(c4cccc(-c5ccccc5)c4)c4cccc(N(c5ccccc5)c5cc6c(c7ccccc57)-c5ccccc5C6(c5ccccc5)c5ccccc5)c4)c3)c2)cc1. The van der Waals surface area contributed by atoms with Crippen LogP contribution in [0.3, 0.4) is 0 Å². The maximum absolute atomic E-state index is 2.51. The van der Waals surface area contributed by atoms with E-state index < -0.39 is 5.41 Å². The van der Waals surface area contributed by atoms with Gasteiger partial charge in [0.1, 0.15) is 0 Å². The molecule has 0 unspecified atom stereocenters. The molecule has 0 spiro atoms.